The lowest BCUT2D eigenvalue weighted by atomic mass is 10.0. The van der Waals surface area contributed by atoms with Crippen LogP contribution in [0.5, 0.6) is 0 Å². The van der Waals surface area contributed by atoms with E-state index in [1.165, 1.54) is 0 Å². The summed E-state index contributed by atoms with van der Waals surface area (Å²) in [5.74, 6) is 0.847. The van der Waals surface area contributed by atoms with Crippen LogP contribution in [0, 0.1) is 12.8 Å². The molecule has 1 fully saturated rings. The first-order chi connectivity index (χ1) is 9.50. The van der Waals surface area contributed by atoms with E-state index in [9.17, 15) is 8.42 Å². The summed E-state index contributed by atoms with van der Waals surface area (Å²) in [4.78, 5) is 0.410. The molecule has 1 atom stereocenters. The van der Waals surface area contributed by atoms with Crippen molar-refractivity contribution in [1.82, 2.24) is 4.31 Å². The third kappa shape index (κ3) is 3.02. The molecule has 1 aliphatic rings. The van der Waals surface area contributed by atoms with Crippen LogP contribution in [-0.4, -0.2) is 25.8 Å². The predicted octanol–water partition coefficient (Wildman–Crippen LogP) is 3.54. The lowest BCUT2D eigenvalue weighted by molar-refractivity contribution is 0.444. The first-order valence-electron chi connectivity index (χ1n) is 7.15. The fourth-order valence-corrected chi connectivity index (χ4v) is 4.97. The maximum absolute atomic E-state index is 12.8. The van der Waals surface area contributed by atoms with Gasteiger partial charge in [0, 0.05) is 19.0 Å². The molecule has 0 saturated carbocycles. The van der Waals surface area contributed by atoms with Gasteiger partial charge in [-0.15, -0.1) is 11.6 Å². The number of nitrogens with zero attached hydrogens (tertiary/aromatic N) is 1. The van der Waals surface area contributed by atoms with Crippen LogP contribution in [0.25, 0.3) is 0 Å². The van der Waals surface area contributed by atoms with Crippen LogP contribution in [0.3, 0.4) is 0 Å². The highest BCUT2D eigenvalue weighted by atomic mass is 35.5. The zero-order chi connectivity index (χ0) is 14.8. The second-order valence-electron chi connectivity index (χ2n) is 5.48. The largest absolute Gasteiger partial charge is 0.243 e. The predicted molar refractivity (Wildman–Crippen MR) is 82.5 cm³/mol. The van der Waals surface area contributed by atoms with Gasteiger partial charge in [-0.3, -0.25) is 0 Å². The van der Waals surface area contributed by atoms with Crippen molar-refractivity contribution in [3.8, 4) is 0 Å². The zero-order valence-electron chi connectivity index (χ0n) is 12.1. The van der Waals surface area contributed by atoms with E-state index in [4.69, 9.17) is 11.6 Å². The average Bonchev–Trinajstić information content (AvgIpc) is 2.88. The summed E-state index contributed by atoms with van der Waals surface area (Å²) in [7, 11) is -3.38. The number of sulfonamides is 1. The smallest absolute Gasteiger partial charge is 0.207 e. The van der Waals surface area contributed by atoms with Crippen molar-refractivity contribution in [3.05, 3.63) is 29.3 Å². The number of alkyl halides is 1. The molecule has 1 saturated heterocycles. The fraction of sp³-hybridized carbons (Fsp3) is 0.600. The number of benzene rings is 1. The summed E-state index contributed by atoms with van der Waals surface area (Å²) in [5, 5.41) is 0. The Bertz CT molecular complexity index is 571. The Kier molecular flexibility index (Phi) is 5.10. The van der Waals surface area contributed by atoms with Crippen molar-refractivity contribution in [2.75, 3.05) is 13.1 Å². The van der Waals surface area contributed by atoms with E-state index in [1.807, 2.05) is 13.0 Å². The molecule has 1 aromatic carbocycles. The van der Waals surface area contributed by atoms with Crippen LogP contribution in [-0.2, 0) is 15.9 Å². The quantitative estimate of drug-likeness (QED) is 0.779. The molecule has 0 spiro atoms. The van der Waals surface area contributed by atoms with Gasteiger partial charge >= 0.3 is 0 Å². The van der Waals surface area contributed by atoms with Gasteiger partial charge in [-0.1, -0.05) is 25.5 Å². The molecule has 0 N–H and O–H groups in total. The van der Waals surface area contributed by atoms with Gasteiger partial charge in [-0.2, -0.15) is 4.31 Å². The van der Waals surface area contributed by atoms with Crippen molar-refractivity contribution in [3.63, 3.8) is 0 Å². The van der Waals surface area contributed by atoms with Gasteiger partial charge in [0.05, 0.1) is 4.90 Å². The van der Waals surface area contributed by atoms with Gasteiger partial charge < -0.3 is 0 Å². The minimum absolute atomic E-state index is 0.341. The summed E-state index contributed by atoms with van der Waals surface area (Å²) >= 11 is 5.87. The fourth-order valence-electron chi connectivity index (χ4n) is 2.88. The lowest BCUT2D eigenvalue weighted by Crippen LogP contribution is -2.29. The first kappa shape index (κ1) is 15.8. The standard InChI is InChI=1S/C15H22ClNO2S/c1-3-5-13-8-9-17(11-13)20(18,19)15-7-4-6-14(10-16)12(15)2/h4,6-7,13H,3,5,8-11H2,1-2H3. The summed E-state index contributed by atoms with van der Waals surface area (Å²) in [6, 6.07) is 5.34. The third-order valence-electron chi connectivity index (χ3n) is 4.10. The second-order valence-corrected chi connectivity index (χ2v) is 7.65. The van der Waals surface area contributed by atoms with Gasteiger partial charge in [-0.25, -0.2) is 8.42 Å². The van der Waals surface area contributed by atoms with Crippen molar-refractivity contribution in [2.45, 2.75) is 43.9 Å². The SMILES string of the molecule is CCCC1CCN(S(=O)(=O)c2cccc(CCl)c2C)C1. The minimum atomic E-state index is -3.38. The van der Waals surface area contributed by atoms with E-state index in [0.717, 1.165) is 30.4 Å². The third-order valence-corrected chi connectivity index (χ3v) is 6.40. The Morgan fingerprint density at radius 2 is 2.15 bits per heavy atom. The van der Waals surface area contributed by atoms with Gasteiger partial charge in [0.15, 0.2) is 0 Å². The topological polar surface area (TPSA) is 37.4 Å². The highest BCUT2D eigenvalue weighted by Gasteiger charge is 2.33. The van der Waals surface area contributed by atoms with Gasteiger partial charge in [0.2, 0.25) is 10.0 Å². The Morgan fingerprint density at radius 3 is 2.80 bits per heavy atom. The maximum Gasteiger partial charge on any atom is 0.243 e. The molecule has 0 aromatic heterocycles. The molecule has 0 amide bonds. The van der Waals surface area contributed by atoms with Crippen LogP contribution >= 0.6 is 11.6 Å². The van der Waals surface area contributed by atoms with Gasteiger partial charge in [0.1, 0.15) is 0 Å². The molecule has 112 valence electrons. The number of halogens is 1. The molecule has 1 aromatic rings. The Hall–Kier alpha value is -0.580. The molecule has 3 nitrogen and oxygen atoms in total. The molecule has 1 heterocycles. The van der Waals surface area contributed by atoms with Crippen LogP contribution in [0.4, 0.5) is 0 Å². The number of hydrogen-bond donors (Lipinski definition) is 0. The van der Waals surface area contributed by atoms with Crippen molar-refractivity contribution >= 4 is 21.6 Å². The molecule has 0 aliphatic carbocycles. The van der Waals surface area contributed by atoms with E-state index >= 15 is 0 Å². The molecule has 2 rings (SSSR count). The van der Waals surface area contributed by atoms with Gasteiger partial charge in [0.25, 0.3) is 0 Å². The monoisotopic (exact) mass is 315 g/mol. The summed E-state index contributed by atoms with van der Waals surface area (Å²) in [6.45, 7) is 5.27. The Morgan fingerprint density at radius 1 is 1.40 bits per heavy atom. The molecular weight excluding hydrogens is 294 g/mol. The molecule has 0 radical (unpaired) electrons. The molecule has 1 aliphatic heterocycles. The van der Waals surface area contributed by atoms with E-state index in [-0.39, 0.29) is 0 Å². The highest BCUT2D eigenvalue weighted by Crippen LogP contribution is 2.29. The molecule has 1 unspecified atom stereocenters. The van der Waals surface area contributed by atoms with E-state index < -0.39 is 10.0 Å². The number of hydrogen-bond acceptors (Lipinski definition) is 2. The zero-order valence-corrected chi connectivity index (χ0v) is 13.7. The molecule has 0 bridgehead atoms. The molecular formula is C15H22ClNO2S. The van der Waals surface area contributed by atoms with Crippen LogP contribution in [0.15, 0.2) is 23.1 Å². The second kappa shape index (κ2) is 6.46. The molecule has 5 heteroatoms. The normalized spacial score (nSPS) is 20.4. The molecule has 20 heavy (non-hydrogen) atoms. The van der Waals surface area contributed by atoms with Crippen LogP contribution in [0.1, 0.15) is 37.3 Å². The Balaban J connectivity index is 2.28. The van der Waals surface area contributed by atoms with Crippen LogP contribution < -0.4 is 0 Å². The van der Waals surface area contributed by atoms with Crippen molar-refractivity contribution in [1.29, 1.82) is 0 Å². The van der Waals surface area contributed by atoms with Crippen molar-refractivity contribution in [2.24, 2.45) is 5.92 Å². The average molecular weight is 316 g/mol. The first-order valence-corrected chi connectivity index (χ1v) is 9.12. The van der Waals surface area contributed by atoms with Crippen LogP contribution in [0.2, 0.25) is 0 Å². The van der Waals surface area contributed by atoms with E-state index in [2.05, 4.69) is 6.92 Å². The summed E-state index contributed by atoms with van der Waals surface area (Å²) < 4.78 is 27.1. The summed E-state index contributed by atoms with van der Waals surface area (Å²) in [5.41, 5.74) is 1.67. The van der Waals surface area contributed by atoms with E-state index in [1.54, 1.807) is 16.4 Å². The van der Waals surface area contributed by atoms with E-state index in [0.29, 0.717) is 29.8 Å². The summed E-state index contributed by atoms with van der Waals surface area (Å²) in [6.07, 6.45) is 3.19. The number of rotatable bonds is 5. The Labute approximate surface area is 127 Å². The maximum atomic E-state index is 12.8. The van der Waals surface area contributed by atoms with Crippen molar-refractivity contribution < 1.29 is 8.42 Å². The van der Waals surface area contributed by atoms with Gasteiger partial charge in [-0.05, 0) is 42.9 Å². The minimum Gasteiger partial charge on any atom is -0.207 e. The lowest BCUT2D eigenvalue weighted by Gasteiger charge is -2.19. The highest BCUT2D eigenvalue weighted by molar-refractivity contribution is 7.89.